The van der Waals surface area contributed by atoms with Gasteiger partial charge in [0, 0.05) is 4.47 Å². The van der Waals surface area contributed by atoms with Crippen molar-refractivity contribution in [3.8, 4) is 5.75 Å². The highest BCUT2D eigenvalue weighted by atomic mass is 79.9. The molecular formula is C18H22BrNO. The zero-order valence-electron chi connectivity index (χ0n) is 12.9. The van der Waals surface area contributed by atoms with Gasteiger partial charge in [-0.3, -0.25) is 0 Å². The van der Waals surface area contributed by atoms with Crippen LogP contribution in [0.4, 0.5) is 0 Å². The fraction of sp³-hybridized carbons (Fsp3) is 0.333. The van der Waals surface area contributed by atoms with E-state index >= 15 is 0 Å². The summed E-state index contributed by atoms with van der Waals surface area (Å²) in [7, 11) is 0. The topological polar surface area (TPSA) is 35.2 Å². The summed E-state index contributed by atoms with van der Waals surface area (Å²) in [4.78, 5) is 0. The van der Waals surface area contributed by atoms with E-state index in [4.69, 9.17) is 10.5 Å². The van der Waals surface area contributed by atoms with Crippen LogP contribution < -0.4 is 10.5 Å². The molecule has 0 radical (unpaired) electrons. The normalized spacial score (nSPS) is 10.7. The summed E-state index contributed by atoms with van der Waals surface area (Å²) in [6.07, 6.45) is 0.822. The largest absolute Gasteiger partial charge is 0.488 e. The second-order valence-electron chi connectivity index (χ2n) is 5.46. The van der Waals surface area contributed by atoms with Gasteiger partial charge in [-0.05, 0) is 73.7 Å². The number of benzene rings is 2. The summed E-state index contributed by atoms with van der Waals surface area (Å²) < 4.78 is 7.15. The quantitative estimate of drug-likeness (QED) is 0.866. The highest BCUT2D eigenvalue weighted by Gasteiger charge is 2.09. The van der Waals surface area contributed by atoms with Gasteiger partial charge in [0.2, 0.25) is 0 Å². The Hall–Kier alpha value is -1.32. The Balaban J connectivity index is 2.20. The number of ether oxygens (including phenoxy) is 1. The van der Waals surface area contributed by atoms with Gasteiger partial charge < -0.3 is 10.5 Å². The summed E-state index contributed by atoms with van der Waals surface area (Å²) in [6.45, 7) is 7.53. The molecule has 0 unspecified atom stereocenters. The van der Waals surface area contributed by atoms with E-state index in [-0.39, 0.29) is 0 Å². The predicted molar refractivity (Wildman–Crippen MR) is 91.9 cm³/mol. The lowest BCUT2D eigenvalue weighted by Crippen LogP contribution is -2.07. The molecule has 0 heterocycles. The Kier molecular flexibility index (Phi) is 5.43. The molecule has 0 fully saturated rings. The Labute approximate surface area is 135 Å². The molecule has 2 aromatic carbocycles. The van der Waals surface area contributed by atoms with Crippen LogP contribution >= 0.6 is 15.9 Å². The second kappa shape index (κ2) is 7.10. The third kappa shape index (κ3) is 4.08. The molecule has 0 saturated heterocycles. The van der Waals surface area contributed by atoms with Crippen molar-refractivity contribution in [1.29, 1.82) is 0 Å². The summed E-state index contributed by atoms with van der Waals surface area (Å²) >= 11 is 3.53. The van der Waals surface area contributed by atoms with E-state index < -0.39 is 0 Å². The SMILES string of the molecule is Cc1ccc(COc2c(C)cc(Br)cc2CCN)cc1C. The Morgan fingerprint density at radius 2 is 1.76 bits per heavy atom. The van der Waals surface area contributed by atoms with Crippen LogP contribution in [0.5, 0.6) is 5.75 Å². The molecule has 0 atom stereocenters. The third-order valence-electron chi connectivity index (χ3n) is 3.68. The van der Waals surface area contributed by atoms with E-state index in [1.54, 1.807) is 0 Å². The minimum absolute atomic E-state index is 0.584. The van der Waals surface area contributed by atoms with Crippen LogP contribution in [-0.2, 0) is 13.0 Å². The standard InChI is InChI=1S/C18H22BrNO/c1-12-4-5-15(8-13(12)2)11-21-18-14(3)9-17(19)10-16(18)6-7-20/h4-5,8-10H,6-7,11,20H2,1-3H3. The van der Waals surface area contributed by atoms with E-state index in [2.05, 4.69) is 67.0 Å². The molecule has 0 aliphatic rings. The van der Waals surface area contributed by atoms with Crippen LogP contribution in [0.1, 0.15) is 27.8 Å². The van der Waals surface area contributed by atoms with E-state index in [0.717, 1.165) is 27.8 Å². The first-order chi connectivity index (χ1) is 10.0. The fourth-order valence-corrected chi connectivity index (χ4v) is 3.02. The maximum absolute atomic E-state index is 6.08. The maximum Gasteiger partial charge on any atom is 0.126 e. The van der Waals surface area contributed by atoms with Gasteiger partial charge in [0.15, 0.2) is 0 Å². The molecule has 21 heavy (non-hydrogen) atoms. The molecule has 0 aliphatic carbocycles. The summed E-state index contributed by atoms with van der Waals surface area (Å²) in [5.41, 5.74) is 11.8. The Morgan fingerprint density at radius 3 is 2.43 bits per heavy atom. The van der Waals surface area contributed by atoms with E-state index in [1.165, 1.54) is 16.7 Å². The highest BCUT2D eigenvalue weighted by Crippen LogP contribution is 2.29. The Morgan fingerprint density at radius 1 is 1.00 bits per heavy atom. The van der Waals surface area contributed by atoms with Gasteiger partial charge in [-0.1, -0.05) is 34.1 Å². The molecule has 0 spiro atoms. The summed E-state index contributed by atoms with van der Waals surface area (Å²) in [5, 5.41) is 0. The van der Waals surface area contributed by atoms with Gasteiger partial charge in [0.1, 0.15) is 12.4 Å². The highest BCUT2D eigenvalue weighted by molar-refractivity contribution is 9.10. The summed E-state index contributed by atoms with van der Waals surface area (Å²) in [5.74, 6) is 0.960. The van der Waals surface area contributed by atoms with Crippen LogP contribution in [0.2, 0.25) is 0 Å². The number of hydrogen-bond donors (Lipinski definition) is 1. The van der Waals surface area contributed by atoms with Crippen LogP contribution in [0.15, 0.2) is 34.8 Å². The van der Waals surface area contributed by atoms with Gasteiger partial charge in [0.05, 0.1) is 0 Å². The number of hydrogen-bond acceptors (Lipinski definition) is 2. The molecule has 0 bridgehead atoms. The first-order valence-electron chi connectivity index (χ1n) is 7.19. The van der Waals surface area contributed by atoms with Gasteiger partial charge in [-0.15, -0.1) is 0 Å². The van der Waals surface area contributed by atoms with Crippen molar-refractivity contribution in [2.75, 3.05) is 6.54 Å². The van der Waals surface area contributed by atoms with Crippen LogP contribution in [0.25, 0.3) is 0 Å². The molecule has 2 aromatic rings. The fourth-order valence-electron chi connectivity index (χ4n) is 2.40. The van der Waals surface area contributed by atoms with Gasteiger partial charge in [-0.2, -0.15) is 0 Å². The molecule has 112 valence electrons. The minimum atomic E-state index is 0.584. The minimum Gasteiger partial charge on any atom is -0.488 e. The number of rotatable bonds is 5. The second-order valence-corrected chi connectivity index (χ2v) is 6.37. The third-order valence-corrected chi connectivity index (χ3v) is 4.14. The van der Waals surface area contributed by atoms with E-state index in [0.29, 0.717) is 13.2 Å². The molecule has 3 heteroatoms. The molecule has 0 saturated carbocycles. The van der Waals surface area contributed by atoms with Crippen LogP contribution in [0, 0.1) is 20.8 Å². The average Bonchev–Trinajstić information content (AvgIpc) is 2.42. The van der Waals surface area contributed by atoms with Crippen molar-refractivity contribution in [2.24, 2.45) is 5.73 Å². The molecule has 2 rings (SSSR count). The lowest BCUT2D eigenvalue weighted by molar-refractivity contribution is 0.300. The molecule has 0 aromatic heterocycles. The van der Waals surface area contributed by atoms with Crippen molar-refractivity contribution in [3.05, 3.63) is 62.6 Å². The number of nitrogens with two attached hydrogens (primary N) is 1. The molecule has 2 N–H and O–H groups in total. The Bertz CT molecular complexity index is 637. The zero-order valence-corrected chi connectivity index (χ0v) is 14.5. The number of aryl methyl sites for hydroxylation is 3. The van der Waals surface area contributed by atoms with Crippen molar-refractivity contribution in [2.45, 2.75) is 33.8 Å². The van der Waals surface area contributed by atoms with Gasteiger partial charge in [-0.25, -0.2) is 0 Å². The zero-order chi connectivity index (χ0) is 15.4. The van der Waals surface area contributed by atoms with E-state index in [9.17, 15) is 0 Å². The van der Waals surface area contributed by atoms with Crippen LogP contribution in [-0.4, -0.2) is 6.54 Å². The van der Waals surface area contributed by atoms with Crippen LogP contribution in [0.3, 0.4) is 0 Å². The monoisotopic (exact) mass is 347 g/mol. The average molecular weight is 348 g/mol. The van der Waals surface area contributed by atoms with Crippen molar-refractivity contribution in [1.82, 2.24) is 0 Å². The molecule has 2 nitrogen and oxygen atoms in total. The smallest absolute Gasteiger partial charge is 0.126 e. The number of halogens is 1. The van der Waals surface area contributed by atoms with Gasteiger partial charge in [0.25, 0.3) is 0 Å². The summed E-state index contributed by atoms with van der Waals surface area (Å²) in [6, 6.07) is 10.6. The lowest BCUT2D eigenvalue weighted by atomic mass is 10.1. The molecule has 0 amide bonds. The van der Waals surface area contributed by atoms with Crippen molar-refractivity contribution >= 4 is 15.9 Å². The first-order valence-corrected chi connectivity index (χ1v) is 7.98. The van der Waals surface area contributed by atoms with E-state index in [1.807, 2.05) is 0 Å². The maximum atomic E-state index is 6.08. The van der Waals surface area contributed by atoms with Crippen molar-refractivity contribution in [3.63, 3.8) is 0 Å². The lowest BCUT2D eigenvalue weighted by Gasteiger charge is -2.15. The van der Waals surface area contributed by atoms with Gasteiger partial charge >= 0.3 is 0 Å². The van der Waals surface area contributed by atoms with Crippen molar-refractivity contribution < 1.29 is 4.74 Å². The predicted octanol–water partition coefficient (Wildman–Crippen LogP) is 4.45. The first kappa shape index (κ1) is 16.1. The molecular weight excluding hydrogens is 326 g/mol. The molecule has 0 aliphatic heterocycles.